The summed E-state index contributed by atoms with van der Waals surface area (Å²) in [6.07, 6.45) is 3.98. The van der Waals surface area contributed by atoms with Crippen molar-refractivity contribution in [2.75, 3.05) is 26.2 Å². The molecule has 0 unspecified atom stereocenters. The Morgan fingerprint density at radius 1 is 0.912 bits per heavy atom. The number of hydrogen-bond acceptors (Lipinski definition) is 2. The van der Waals surface area contributed by atoms with Crippen molar-refractivity contribution in [3.8, 4) is 0 Å². The van der Waals surface area contributed by atoms with Crippen molar-refractivity contribution in [1.29, 1.82) is 0 Å². The molecular weight excluding hydrogens is 424 g/mol. The van der Waals surface area contributed by atoms with Crippen LogP contribution in [0.2, 0.25) is 0 Å². The molecule has 2 saturated heterocycles. The number of urea groups is 1. The fourth-order valence-corrected chi connectivity index (χ4v) is 6.03. The van der Waals surface area contributed by atoms with Crippen molar-refractivity contribution < 1.29 is 9.59 Å². The molecule has 1 N–H and O–H groups in total. The van der Waals surface area contributed by atoms with Crippen molar-refractivity contribution in [2.45, 2.75) is 37.6 Å². The zero-order chi connectivity index (χ0) is 23.3. The molecule has 34 heavy (non-hydrogen) atoms. The van der Waals surface area contributed by atoms with Gasteiger partial charge in [-0.2, -0.15) is 0 Å². The summed E-state index contributed by atoms with van der Waals surface area (Å²) in [4.78, 5) is 30.2. The first-order valence-corrected chi connectivity index (χ1v) is 12.5. The van der Waals surface area contributed by atoms with Gasteiger partial charge in [0.25, 0.3) is 5.91 Å². The van der Waals surface area contributed by atoms with E-state index in [1.54, 1.807) is 0 Å². The molecule has 3 amide bonds. The molecule has 3 heterocycles. The number of carbonyl (C=O) groups is 2. The Balaban J connectivity index is 1.04. The summed E-state index contributed by atoms with van der Waals surface area (Å²) in [5.74, 6) is 0.562. The summed E-state index contributed by atoms with van der Waals surface area (Å²) in [6.45, 7) is 3.13. The molecule has 3 fully saturated rings. The summed E-state index contributed by atoms with van der Waals surface area (Å²) < 4.78 is 2.00. The first-order valence-electron chi connectivity index (χ1n) is 12.5. The van der Waals surface area contributed by atoms with Crippen molar-refractivity contribution in [3.05, 3.63) is 71.9 Å². The second-order valence-electron chi connectivity index (χ2n) is 10.4. The zero-order valence-electron chi connectivity index (χ0n) is 19.7. The Morgan fingerprint density at radius 3 is 2.32 bits per heavy atom. The first kappa shape index (κ1) is 21.3. The molecule has 3 aliphatic rings. The van der Waals surface area contributed by atoms with Crippen molar-refractivity contribution >= 4 is 22.8 Å². The van der Waals surface area contributed by atoms with Crippen molar-refractivity contribution in [1.82, 2.24) is 19.7 Å². The monoisotopic (exact) mass is 456 g/mol. The molecule has 1 aliphatic carbocycles. The third kappa shape index (κ3) is 3.75. The van der Waals surface area contributed by atoms with Crippen LogP contribution in [0.25, 0.3) is 10.9 Å². The van der Waals surface area contributed by atoms with Gasteiger partial charge >= 0.3 is 6.03 Å². The normalized spacial score (nSPS) is 23.4. The van der Waals surface area contributed by atoms with Crippen molar-refractivity contribution in [3.63, 3.8) is 0 Å². The quantitative estimate of drug-likeness (QED) is 0.636. The van der Waals surface area contributed by atoms with Gasteiger partial charge in [-0.25, -0.2) is 4.79 Å². The van der Waals surface area contributed by atoms with Crippen molar-refractivity contribution in [2.24, 2.45) is 12.5 Å². The van der Waals surface area contributed by atoms with Gasteiger partial charge in [0.1, 0.15) is 5.69 Å². The summed E-state index contributed by atoms with van der Waals surface area (Å²) in [6, 6.07) is 20.9. The molecule has 2 aliphatic heterocycles. The summed E-state index contributed by atoms with van der Waals surface area (Å²) in [7, 11) is 1.97. The standard InChI is InChI=1S/C28H32N4O2/c1-30-24-10-6-5-9-21(24)17-25(30)26(33)31-14-11-28(12-15-31)13-16-32(19-28)27(34)29-23-18-22(23)20-7-3-2-4-8-20/h2-10,17,22-23H,11-16,18-19H2,1H3,(H,29,34)/t22-,23+/m0/s1. The lowest BCUT2D eigenvalue weighted by Gasteiger charge is -2.39. The molecular formula is C28H32N4O2. The molecule has 6 heteroatoms. The van der Waals surface area contributed by atoms with E-state index in [1.807, 2.05) is 45.7 Å². The van der Waals surface area contributed by atoms with E-state index in [0.717, 1.165) is 68.5 Å². The van der Waals surface area contributed by atoms with E-state index in [1.165, 1.54) is 5.56 Å². The lowest BCUT2D eigenvalue weighted by molar-refractivity contribution is 0.0585. The Bertz CT molecular complexity index is 1230. The van der Waals surface area contributed by atoms with Crippen LogP contribution in [0, 0.1) is 5.41 Å². The van der Waals surface area contributed by atoms with E-state index < -0.39 is 0 Å². The van der Waals surface area contributed by atoms with E-state index >= 15 is 0 Å². The van der Waals surface area contributed by atoms with E-state index in [-0.39, 0.29) is 23.4 Å². The van der Waals surface area contributed by atoms with Crippen LogP contribution in [0.15, 0.2) is 60.7 Å². The Morgan fingerprint density at radius 2 is 1.59 bits per heavy atom. The summed E-state index contributed by atoms with van der Waals surface area (Å²) >= 11 is 0. The maximum absolute atomic E-state index is 13.3. The molecule has 0 radical (unpaired) electrons. The number of aryl methyl sites for hydroxylation is 1. The summed E-state index contributed by atoms with van der Waals surface area (Å²) in [5, 5.41) is 4.35. The number of benzene rings is 2. The van der Waals surface area contributed by atoms with Gasteiger partial charge in [0.05, 0.1) is 0 Å². The number of amides is 3. The largest absolute Gasteiger partial charge is 0.340 e. The van der Waals surface area contributed by atoms with Crippen LogP contribution in [0.5, 0.6) is 0 Å². The molecule has 1 aromatic heterocycles. The number of rotatable bonds is 3. The second-order valence-corrected chi connectivity index (χ2v) is 10.4. The fourth-order valence-electron chi connectivity index (χ4n) is 6.03. The molecule has 6 rings (SSSR count). The van der Waals surface area contributed by atoms with Gasteiger partial charge in [0.15, 0.2) is 0 Å². The SMILES string of the molecule is Cn1c(C(=O)N2CCC3(CCN(C(=O)N[C@@H]4C[C@H]4c4ccccc4)C3)CC2)cc2ccccc21. The molecule has 2 aromatic carbocycles. The lowest BCUT2D eigenvalue weighted by Crippen LogP contribution is -2.46. The predicted octanol–water partition coefficient (Wildman–Crippen LogP) is 4.37. The van der Waals surface area contributed by atoms with Gasteiger partial charge in [-0.05, 0) is 48.8 Å². The third-order valence-electron chi connectivity index (χ3n) is 8.33. The van der Waals surface area contributed by atoms with Crippen LogP contribution in [-0.2, 0) is 7.05 Å². The van der Waals surface area contributed by atoms with Gasteiger partial charge in [-0.15, -0.1) is 0 Å². The fraction of sp³-hybridized carbons (Fsp3) is 0.429. The zero-order valence-corrected chi connectivity index (χ0v) is 19.7. The molecule has 1 spiro atoms. The highest BCUT2D eigenvalue weighted by Gasteiger charge is 2.45. The van der Waals surface area contributed by atoms with Crippen LogP contribution in [-0.4, -0.2) is 58.5 Å². The van der Waals surface area contributed by atoms with E-state index in [4.69, 9.17) is 0 Å². The highest BCUT2D eigenvalue weighted by Crippen LogP contribution is 2.43. The van der Waals surface area contributed by atoms with Gasteiger partial charge < -0.3 is 19.7 Å². The average molecular weight is 457 g/mol. The molecule has 2 atom stereocenters. The number of hydrogen-bond donors (Lipinski definition) is 1. The number of para-hydroxylation sites is 1. The predicted molar refractivity (Wildman–Crippen MR) is 133 cm³/mol. The number of carbonyl (C=O) groups excluding carboxylic acids is 2. The van der Waals surface area contributed by atoms with Gasteiger partial charge in [0, 0.05) is 56.1 Å². The molecule has 0 bridgehead atoms. The van der Waals surface area contributed by atoms with Gasteiger partial charge in [0.2, 0.25) is 0 Å². The van der Waals surface area contributed by atoms with Crippen LogP contribution >= 0.6 is 0 Å². The smallest absolute Gasteiger partial charge is 0.317 e. The maximum Gasteiger partial charge on any atom is 0.317 e. The third-order valence-corrected chi connectivity index (χ3v) is 8.33. The number of likely N-dealkylation sites (tertiary alicyclic amines) is 2. The molecule has 6 nitrogen and oxygen atoms in total. The highest BCUT2D eigenvalue weighted by atomic mass is 16.2. The Labute approximate surface area is 200 Å². The van der Waals surface area contributed by atoms with Gasteiger partial charge in [-0.1, -0.05) is 48.5 Å². The minimum atomic E-state index is 0.0781. The minimum Gasteiger partial charge on any atom is -0.340 e. The van der Waals surface area contributed by atoms with Crippen LogP contribution in [0.3, 0.4) is 0 Å². The second kappa shape index (κ2) is 8.19. The number of aromatic nitrogens is 1. The number of nitrogens with zero attached hydrogens (tertiary/aromatic N) is 3. The van der Waals surface area contributed by atoms with E-state index in [9.17, 15) is 9.59 Å². The topological polar surface area (TPSA) is 57.6 Å². The maximum atomic E-state index is 13.3. The molecule has 176 valence electrons. The number of fused-ring (bicyclic) bond motifs is 1. The van der Waals surface area contributed by atoms with E-state index in [2.05, 4.69) is 41.7 Å². The number of piperidine rings is 1. The lowest BCUT2D eigenvalue weighted by atomic mass is 9.77. The Kier molecular flexibility index (Phi) is 5.12. The minimum absolute atomic E-state index is 0.0781. The average Bonchev–Trinajstić information content (AvgIpc) is 3.39. The summed E-state index contributed by atoms with van der Waals surface area (Å²) in [5.41, 5.74) is 3.30. The number of nitrogens with one attached hydrogen (secondary N) is 1. The molecule has 1 saturated carbocycles. The van der Waals surface area contributed by atoms with Crippen LogP contribution < -0.4 is 5.32 Å². The Hall–Kier alpha value is -3.28. The van der Waals surface area contributed by atoms with E-state index in [0.29, 0.717) is 5.92 Å². The van der Waals surface area contributed by atoms with Crippen LogP contribution in [0.4, 0.5) is 4.79 Å². The first-order chi connectivity index (χ1) is 16.5. The highest BCUT2D eigenvalue weighted by molar-refractivity contribution is 5.98. The van der Waals surface area contributed by atoms with Gasteiger partial charge in [-0.3, -0.25) is 4.79 Å². The molecule has 3 aromatic rings. The van der Waals surface area contributed by atoms with Crippen LogP contribution in [0.1, 0.15) is 47.7 Å².